The number of hydrazine groups is 1. The van der Waals surface area contributed by atoms with E-state index in [0.29, 0.717) is 12.0 Å². The number of nitrogens with two attached hydrogens (primary N) is 1. The van der Waals surface area contributed by atoms with Crippen LogP contribution >= 0.6 is 0 Å². The molecule has 0 bridgehead atoms. The average molecular weight is 233 g/mol. The minimum absolute atomic E-state index is 0.0204. The molecule has 1 aromatic rings. The highest BCUT2D eigenvalue weighted by molar-refractivity contribution is 5.96. The number of nitrogens with one attached hydrogen (secondary N) is 2. The van der Waals surface area contributed by atoms with Crippen LogP contribution in [0.3, 0.4) is 0 Å². The van der Waals surface area contributed by atoms with Crippen LogP contribution in [0, 0.1) is 12.8 Å². The van der Waals surface area contributed by atoms with Gasteiger partial charge < -0.3 is 10.7 Å². The Labute approximate surface area is 102 Å². The number of amides is 1. The first kappa shape index (κ1) is 11.9. The number of anilines is 1. The zero-order valence-corrected chi connectivity index (χ0v) is 10.3. The second-order valence-corrected chi connectivity index (χ2v) is 4.66. The van der Waals surface area contributed by atoms with Crippen LogP contribution in [0.2, 0.25) is 0 Å². The number of nitrogen functional groups attached to an aromatic ring is 1. The topological polar surface area (TPSA) is 67.2 Å². The van der Waals surface area contributed by atoms with Crippen LogP contribution in [-0.4, -0.2) is 11.9 Å². The monoisotopic (exact) mass is 233 g/mol. The molecule has 0 aromatic heterocycles. The SMILES string of the molecule is CCC1CC1NC(=O)c1ccc(NN)cc1C. The largest absolute Gasteiger partial charge is 0.349 e. The van der Waals surface area contributed by atoms with Gasteiger partial charge in [-0.3, -0.25) is 10.6 Å². The average Bonchev–Trinajstić information content (AvgIpc) is 3.07. The molecule has 1 fully saturated rings. The van der Waals surface area contributed by atoms with Gasteiger partial charge in [0, 0.05) is 17.3 Å². The van der Waals surface area contributed by atoms with Crippen LogP contribution in [0.4, 0.5) is 5.69 Å². The maximum absolute atomic E-state index is 12.0. The fraction of sp³-hybridized carbons (Fsp3) is 0.462. The summed E-state index contributed by atoms with van der Waals surface area (Å²) in [4.78, 5) is 12.0. The second kappa shape index (κ2) is 4.75. The van der Waals surface area contributed by atoms with Gasteiger partial charge in [-0.25, -0.2) is 0 Å². The Balaban J connectivity index is 2.04. The van der Waals surface area contributed by atoms with Crippen molar-refractivity contribution in [2.24, 2.45) is 11.8 Å². The molecule has 4 N–H and O–H groups in total. The highest BCUT2D eigenvalue weighted by Crippen LogP contribution is 2.33. The Morgan fingerprint density at radius 2 is 2.29 bits per heavy atom. The van der Waals surface area contributed by atoms with Crippen molar-refractivity contribution in [1.82, 2.24) is 5.32 Å². The van der Waals surface area contributed by atoms with Crippen molar-refractivity contribution in [3.05, 3.63) is 29.3 Å². The first-order chi connectivity index (χ1) is 8.15. The van der Waals surface area contributed by atoms with Gasteiger partial charge in [0.15, 0.2) is 0 Å². The number of carbonyl (C=O) groups excluding carboxylic acids is 1. The zero-order valence-electron chi connectivity index (χ0n) is 10.3. The molecule has 0 heterocycles. The Morgan fingerprint density at radius 1 is 1.53 bits per heavy atom. The highest BCUT2D eigenvalue weighted by Gasteiger charge is 2.36. The third-order valence-electron chi connectivity index (χ3n) is 3.40. The Bertz CT molecular complexity index is 431. The summed E-state index contributed by atoms with van der Waals surface area (Å²) >= 11 is 0. The lowest BCUT2D eigenvalue weighted by molar-refractivity contribution is 0.0948. The van der Waals surface area contributed by atoms with E-state index in [1.54, 1.807) is 0 Å². The number of hydrogen-bond donors (Lipinski definition) is 3. The van der Waals surface area contributed by atoms with Gasteiger partial charge in [0.05, 0.1) is 0 Å². The maximum atomic E-state index is 12.0. The summed E-state index contributed by atoms with van der Waals surface area (Å²) in [7, 11) is 0. The van der Waals surface area contributed by atoms with Crippen molar-refractivity contribution in [3.8, 4) is 0 Å². The van der Waals surface area contributed by atoms with Crippen molar-refractivity contribution in [2.75, 3.05) is 5.43 Å². The number of hydrogen-bond acceptors (Lipinski definition) is 3. The van der Waals surface area contributed by atoms with Crippen LogP contribution in [0.15, 0.2) is 18.2 Å². The van der Waals surface area contributed by atoms with Gasteiger partial charge in [0.1, 0.15) is 0 Å². The van der Waals surface area contributed by atoms with E-state index < -0.39 is 0 Å². The van der Waals surface area contributed by atoms with Crippen molar-refractivity contribution >= 4 is 11.6 Å². The van der Waals surface area contributed by atoms with E-state index in [-0.39, 0.29) is 5.91 Å². The molecule has 0 radical (unpaired) electrons. The van der Waals surface area contributed by atoms with Gasteiger partial charge in [-0.15, -0.1) is 0 Å². The Kier molecular flexibility index (Phi) is 3.33. The molecule has 4 nitrogen and oxygen atoms in total. The number of rotatable bonds is 4. The molecule has 0 saturated heterocycles. The predicted octanol–water partition coefficient (Wildman–Crippen LogP) is 1.81. The third-order valence-corrected chi connectivity index (χ3v) is 3.40. The van der Waals surface area contributed by atoms with Crippen LogP contribution in [0.1, 0.15) is 35.7 Å². The quantitative estimate of drug-likeness (QED) is 0.549. The lowest BCUT2D eigenvalue weighted by atomic mass is 10.1. The van der Waals surface area contributed by atoms with Crippen molar-refractivity contribution in [2.45, 2.75) is 32.7 Å². The van der Waals surface area contributed by atoms with Crippen molar-refractivity contribution in [3.63, 3.8) is 0 Å². The van der Waals surface area contributed by atoms with Crippen LogP contribution in [0.5, 0.6) is 0 Å². The van der Waals surface area contributed by atoms with E-state index in [0.717, 1.165) is 29.7 Å². The summed E-state index contributed by atoms with van der Waals surface area (Å²) in [6.07, 6.45) is 2.25. The molecule has 2 atom stereocenters. The van der Waals surface area contributed by atoms with Gasteiger partial charge in [0.25, 0.3) is 5.91 Å². The molecule has 1 aliphatic carbocycles. The maximum Gasteiger partial charge on any atom is 0.251 e. The molecule has 1 aliphatic rings. The first-order valence-electron chi connectivity index (χ1n) is 6.03. The smallest absolute Gasteiger partial charge is 0.251 e. The molecule has 0 spiro atoms. The van der Waals surface area contributed by atoms with Gasteiger partial charge in [0.2, 0.25) is 0 Å². The van der Waals surface area contributed by atoms with E-state index in [1.807, 2.05) is 25.1 Å². The molecular formula is C13H19N3O. The van der Waals surface area contributed by atoms with E-state index >= 15 is 0 Å². The van der Waals surface area contributed by atoms with Crippen molar-refractivity contribution < 1.29 is 4.79 Å². The number of carbonyl (C=O) groups is 1. The fourth-order valence-corrected chi connectivity index (χ4v) is 2.13. The molecule has 4 heteroatoms. The van der Waals surface area contributed by atoms with E-state index in [1.165, 1.54) is 0 Å². The standard InChI is InChI=1S/C13H19N3O/c1-3-9-7-12(9)15-13(17)11-5-4-10(16-14)6-8(11)2/h4-6,9,12,16H,3,7,14H2,1-2H3,(H,15,17). The van der Waals surface area contributed by atoms with Crippen LogP contribution in [-0.2, 0) is 0 Å². The predicted molar refractivity (Wildman–Crippen MR) is 68.6 cm³/mol. The van der Waals surface area contributed by atoms with E-state index in [2.05, 4.69) is 17.7 Å². The molecule has 0 aliphatic heterocycles. The third kappa shape index (κ3) is 2.58. The minimum Gasteiger partial charge on any atom is -0.349 e. The number of benzene rings is 1. The second-order valence-electron chi connectivity index (χ2n) is 4.66. The molecule has 1 aromatic carbocycles. The van der Waals surface area contributed by atoms with Gasteiger partial charge in [-0.2, -0.15) is 0 Å². The van der Waals surface area contributed by atoms with E-state index in [9.17, 15) is 4.79 Å². The van der Waals surface area contributed by atoms with Gasteiger partial charge in [-0.05, 0) is 43.0 Å². The zero-order chi connectivity index (χ0) is 12.4. The van der Waals surface area contributed by atoms with Crippen molar-refractivity contribution in [1.29, 1.82) is 0 Å². The Hall–Kier alpha value is -1.55. The molecule has 2 unspecified atom stereocenters. The Morgan fingerprint density at radius 3 is 2.82 bits per heavy atom. The lowest BCUT2D eigenvalue weighted by Crippen LogP contribution is -2.27. The fourth-order valence-electron chi connectivity index (χ4n) is 2.13. The summed E-state index contributed by atoms with van der Waals surface area (Å²) in [6.45, 7) is 4.07. The highest BCUT2D eigenvalue weighted by atomic mass is 16.1. The summed E-state index contributed by atoms with van der Waals surface area (Å²) in [5.41, 5.74) is 5.05. The summed E-state index contributed by atoms with van der Waals surface area (Å²) in [5, 5.41) is 3.06. The summed E-state index contributed by atoms with van der Waals surface area (Å²) < 4.78 is 0. The van der Waals surface area contributed by atoms with Gasteiger partial charge >= 0.3 is 0 Å². The molecular weight excluding hydrogens is 214 g/mol. The summed E-state index contributed by atoms with van der Waals surface area (Å²) in [5.74, 6) is 6.01. The van der Waals surface area contributed by atoms with Crippen LogP contribution < -0.4 is 16.6 Å². The normalized spacial score (nSPS) is 22.1. The van der Waals surface area contributed by atoms with E-state index in [4.69, 9.17) is 5.84 Å². The molecule has 2 rings (SSSR count). The molecule has 1 amide bonds. The first-order valence-corrected chi connectivity index (χ1v) is 6.03. The lowest BCUT2D eigenvalue weighted by Gasteiger charge is -2.09. The summed E-state index contributed by atoms with van der Waals surface area (Å²) in [6, 6.07) is 5.87. The molecule has 92 valence electrons. The minimum atomic E-state index is 0.0204. The molecule has 17 heavy (non-hydrogen) atoms. The van der Waals surface area contributed by atoms with Crippen LogP contribution in [0.25, 0.3) is 0 Å². The number of aryl methyl sites for hydroxylation is 1. The molecule has 1 saturated carbocycles. The van der Waals surface area contributed by atoms with Gasteiger partial charge in [-0.1, -0.05) is 13.3 Å².